The van der Waals surface area contributed by atoms with Gasteiger partial charge in [-0.2, -0.15) is 0 Å². The highest BCUT2D eigenvalue weighted by molar-refractivity contribution is 5.95. The molecule has 0 radical (unpaired) electrons. The summed E-state index contributed by atoms with van der Waals surface area (Å²) in [6.45, 7) is 6.97. The van der Waals surface area contributed by atoms with Gasteiger partial charge in [-0.25, -0.2) is 0 Å². The first-order chi connectivity index (χ1) is 17.3. The number of hydrogen-bond donors (Lipinski definition) is 1. The highest BCUT2D eigenvalue weighted by Crippen LogP contribution is 2.52. The average molecular weight is 487 g/mol. The van der Waals surface area contributed by atoms with Gasteiger partial charge in [-0.3, -0.25) is 9.59 Å². The number of hydrogen-bond acceptors (Lipinski definition) is 4. The lowest BCUT2D eigenvalue weighted by Crippen LogP contribution is -2.52. The Labute approximate surface area is 212 Å². The maximum atomic E-state index is 13.5. The van der Waals surface area contributed by atoms with Gasteiger partial charge >= 0.3 is 0 Å². The summed E-state index contributed by atoms with van der Waals surface area (Å²) in [6, 6.07) is 19.6. The number of nitrogens with one attached hydrogen (secondary N) is 1. The summed E-state index contributed by atoms with van der Waals surface area (Å²) < 4.78 is 11.9. The zero-order chi connectivity index (χ0) is 25.4. The Hall–Kier alpha value is -3.38. The van der Waals surface area contributed by atoms with Gasteiger partial charge in [-0.15, -0.1) is 0 Å². The van der Waals surface area contributed by atoms with E-state index in [9.17, 15) is 9.59 Å². The van der Waals surface area contributed by atoms with Crippen molar-refractivity contribution in [3.63, 3.8) is 0 Å². The van der Waals surface area contributed by atoms with E-state index in [1.807, 2.05) is 68.1 Å². The fourth-order valence-electron chi connectivity index (χ4n) is 5.93. The van der Waals surface area contributed by atoms with Crippen LogP contribution in [0.3, 0.4) is 0 Å². The van der Waals surface area contributed by atoms with Gasteiger partial charge in [0, 0.05) is 42.7 Å². The quantitative estimate of drug-likeness (QED) is 0.533. The second-order valence-corrected chi connectivity index (χ2v) is 10.3. The summed E-state index contributed by atoms with van der Waals surface area (Å²) in [5.74, 6) is 1.55. The largest absolute Gasteiger partial charge is 0.461 e. The summed E-state index contributed by atoms with van der Waals surface area (Å²) in [7, 11) is 1.73. The van der Waals surface area contributed by atoms with Crippen LogP contribution >= 0.6 is 0 Å². The topological polar surface area (TPSA) is 71.8 Å². The van der Waals surface area contributed by atoms with E-state index in [-0.39, 0.29) is 35.3 Å². The average Bonchev–Trinajstić information content (AvgIpc) is 3.44. The Morgan fingerprint density at radius 1 is 1.06 bits per heavy atom. The molecular weight excluding hydrogens is 452 g/mol. The van der Waals surface area contributed by atoms with Crippen LogP contribution in [-0.2, 0) is 14.9 Å². The summed E-state index contributed by atoms with van der Waals surface area (Å²) in [4.78, 5) is 28.1. The van der Waals surface area contributed by atoms with Crippen molar-refractivity contribution in [2.24, 2.45) is 5.92 Å². The minimum atomic E-state index is -0.245. The molecule has 1 fully saturated rings. The third-order valence-electron chi connectivity index (χ3n) is 7.83. The van der Waals surface area contributed by atoms with Crippen molar-refractivity contribution >= 4 is 11.8 Å². The minimum Gasteiger partial charge on any atom is -0.461 e. The first-order valence-electron chi connectivity index (χ1n) is 12.7. The Morgan fingerprint density at radius 2 is 1.81 bits per heavy atom. The first-order valence-corrected chi connectivity index (χ1v) is 12.7. The lowest BCUT2D eigenvalue weighted by atomic mass is 9.71. The fourth-order valence-corrected chi connectivity index (χ4v) is 5.93. The normalized spacial score (nSPS) is 20.5. The van der Waals surface area contributed by atoms with Gasteiger partial charge in [0.2, 0.25) is 5.91 Å². The fraction of sp³-hybridized carbons (Fsp3) is 0.400. The number of amides is 2. The van der Waals surface area contributed by atoms with E-state index in [4.69, 9.17) is 9.15 Å². The number of aryl methyl sites for hydroxylation is 1. The maximum Gasteiger partial charge on any atom is 0.253 e. The highest BCUT2D eigenvalue weighted by Gasteiger charge is 2.54. The van der Waals surface area contributed by atoms with Gasteiger partial charge in [0.25, 0.3) is 5.91 Å². The number of piperidine rings is 1. The van der Waals surface area contributed by atoms with Crippen molar-refractivity contribution in [1.29, 1.82) is 0 Å². The van der Waals surface area contributed by atoms with Crippen LogP contribution in [0.4, 0.5) is 0 Å². The van der Waals surface area contributed by atoms with E-state index in [0.29, 0.717) is 18.7 Å². The predicted octanol–water partition coefficient (Wildman–Crippen LogP) is 5.27. The Balaban J connectivity index is 1.37. The van der Waals surface area contributed by atoms with Crippen molar-refractivity contribution in [3.8, 4) is 11.3 Å². The Bertz CT molecular complexity index is 1270. The first kappa shape index (κ1) is 24.3. The zero-order valence-electron chi connectivity index (χ0n) is 21.4. The van der Waals surface area contributed by atoms with E-state index in [2.05, 4.69) is 23.5 Å². The van der Waals surface area contributed by atoms with E-state index in [1.54, 1.807) is 7.11 Å². The molecule has 36 heavy (non-hydrogen) atoms. The number of furan rings is 1. The molecule has 2 heterocycles. The molecule has 3 aromatic rings. The van der Waals surface area contributed by atoms with Crippen LogP contribution in [0.25, 0.3) is 11.3 Å². The van der Waals surface area contributed by atoms with Crippen molar-refractivity contribution < 1.29 is 18.7 Å². The Morgan fingerprint density at radius 3 is 2.47 bits per heavy atom. The van der Waals surface area contributed by atoms with Gasteiger partial charge < -0.3 is 19.4 Å². The van der Waals surface area contributed by atoms with Crippen LogP contribution in [0.1, 0.15) is 60.0 Å². The molecule has 0 saturated carbocycles. The van der Waals surface area contributed by atoms with Crippen molar-refractivity contribution in [3.05, 3.63) is 83.1 Å². The highest BCUT2D eigenvalue weighted by atomic mass is 16.5. The molecule has 2 atom stereocenters. The van der Waals surface area contributed by atoms with Crippen molar-refractivity contribution in [1.82, 2.24) is 10.2 Å². The molecule has 2 aliphatic rings. The number of benzene rings is 2. The lowest BCUT2D eigenvalue weighted by molar-refractivity contribution is -0.126. The monoisotopic (exact) mass is 486 g/mol. The minimum absolute atomic E-state index is 0.0214. The maximum absolute atomic E-state index is 13.5. The summed E-state index contributed by atoms with van der Waals surface area (Å²) in [5.41, 5.74) is 3.67. The molecule has 1 spiro atoms. The van der Waals surface area contributed by atoms with E-state index < -0.39 is 0 Å². The number of fused-ring (bicyclic) bond motifs is 2. The second kappa shape index (κ2) is 9.58. The molecule has 1 saturated heterocycles. The van der Waals surface area contributed by atoms with Gasteiger partial charge in [0.1, 0.15) is 11.5 Å². The summed E-state index contributed by atoms with van der Waals surface area (Å²) in [5, 5.41) is 3.24. The van der Waals surface area contributed by atoms with E-state index >= 15 is 0 Å². The smallest absolute Gasteiger partial charge is 0.253 e. The number of carbonyl (C=O) groups is 2. The molecule has 6 nitrogen and oxygen atoms in total. The molecule has 188 valence electrons. The summed E-state index contributed by atoms with van der Waals surface area (Å²) >= 11 is 0. The molecule has 5 rings (SSSR count). The van der Waals surface area contributed by atoms with Crippen LogP contribution in [0.5, 0.6) is 0 Å². The van der Waals surface area contributed by atoms with Crippen LogP contribution < -0.4 is 5.32 Å². The second-order valence-electron chi connectivity index (χ2n) is 10.3. The van der Waals surface area contributed by atoms with E-state index in [0.717, 1.165) is 35.5 Å². The van der Waals surface area contributed by atoms with Crippen LogP contribution in [0.15, 0.2) is 65.1 Å². The number of carbonyl (C=O) groups excluding carboxylic acids is 2. The van der Waals surface area contributed by atoms with Crippen molar-refractivity contribution in [2.75, 3.05) is 20.2 Å². The number of nitrogens with zero attached hydrogens (tertiary/aromatic N) is 1. The van der Waals surface area contributed by atoms with Crippen LogP contribution in [-0.4, -0.2) is 43.0 Å². The van der Waals surface area contributed by atoms with Gasteiger partial charge in [-0.05, 0) is 55.2 Å². The predicted molar refractivity (Wildman–Crippen MR) is 139 cm³/mol. The molecule has 1 N–H and O–H groups in total. The summed E-state index contributed by atoms with van der Waals surface area (Å²) in [6.07, 6.45) is 1.37. The van der Waals surface area contributed by atoms with Gasteiger partial charge in [-0.1, -0.05) is 50.2 Å². The third kappa shape index (κ3) is 4.13. The molecule has 1 aliphatic carbocycles. The van der Waals surface area contributed by atoms with Crippen LogP contribution in [0.2, 0.25) is 0 Å². The molecule has 2 aromatic carbocycles. The molecule has 6 heteroatoms. The molecule has 0 bridgehead atoms. The van der Waals surface area contributed by atoms with Gasteiger partial charge in [0.15, 0.2) is 0 Å². The molecule has 1 aromatic heterocycles. The third-order valence-corrected chi connectivity index (χ3v) is 7.83. The Kier molecular flexibility index (Phi) is 6.47. The van der Waals surface area contributed by atoms with Crippen molar-refractivity contribution in [2.45, 2.75) is 51.2 Å². The molecule has 0 unspecified atom stereocenters. The molecular formula is C30H34N2O4. The van der Waals surface area contributed by atoms with E-state index in [1.165, 1.54) is 5.56 Å². The number of rotatable bonds is 5. The van der Waals surface area contributed by atoms with Crippen LogP contribution in [0, 0.1) is 12.8 Å². The SMILES string of the molecule is CO[C@H]1[C@H](NC(=O)C(C)C)c2ccccc2C12CCN(C(=O)c1cccc(-c3ccc(C)o3)c1)CC2. The number of likely N-dealkylation sites (tertiary alicyclic amines) is 1. The standard InChI is InChI=1S/C30H34N2O4/c1-19(2)28(33)31-26-23-10-5-6-11-24(23)30(27(26)35-4)14-16-32(17-15-30)29(34)22-9-7-8-21(18-22)25-13-12-20(3)36-25/h5-13,18-19,26-27H,14-17H2,1-4H3,(H,31,33)/t26-,27+/m1/s1. The van der Waals surface area contributed by atoms with Gasteiger partial charge in [0.05, 0.1) is 12.1 Å². The number of ether oxygens (including phenoxy) is 1. The number of methoxy groups -OCH3 is 1. The molecule has 2 amide bonds. The lowest BCUT2D eigenvalue weighted by Gasteiger charge is -2.44. The molecule has 1 aliphatic heterocycles. The zero-order valence-corrected chi connectivity index (χ0v) is 21.4.